The average molecular weight is 523 g/mol. The van der Waals surface area contributed by atoms with Gasteiger partial charge in [0, 0.05) is 17.1 Å². The maximum Gasteiger partial charge on any atom is 0.408 e. The van der Waals surface area contributed by atoms with Crippen molar-refractivity contribution in [3.63, 3.8) is 0 Å². The van der Waals surface area contributed by atoms with E-state index in [9.17, 15) is 18.6 Å². The van der Waals surface area contributed by atoms with Gasteiger partial charge in [0.2, 0.25) is 5.91 Å². The second-order valence-electron chi connectivity index (χ2n) is 8.18. The number of alkyl carbamates (subject to hydrolysis) is 1. The molecule has 0 bridgehead atoms. The maximum absolute atomic E-state index is 13.2. The van der Waals surface area contributed by atoms with Gasteiger partial charge in [-0.2, -0.15) is 0 Å². The number of nitrogens with one attached hydrogen (secondary N) is 2. The van der Waals surface area contributed by atoms with E-state index in [1.54, 1.807) is 24.3 Å². The van der Waals surface area contributed by atoms with E-state index in [0.29, 0.717) is 4.90 Å². The van der Waals surface area contributed by atoms with E-state index in [1.807, 2.05) is 66.7 Å². The van der Waals surface area contributed by atoms with E-state index >= 15 is 0 Å². The molecule has 9 heteroatoms. The van der Waals surface area contributed by atoms with Crippen LogP contribution in [0, 0.1) is 0 Å². The number of hydrogen-bond donors (Lipinski definition) is 2. The lowest BCUT2D eigenvalue weighted by Gasteiger charge is -2.22. The first-order valence-electron chi connectivity index (χ1n) is 11.8. The zero-order valence-electron chi connectivity index (χ0n) is 20.5. The molecular formula is C28H30N2O6S. The smallest absolute Gasteiger partial charge is 0.408 e. The van der Waals surface area contributed by atoms with E-state index in [2.05, 4.69) is 10.6 Å². The van der Waals surface area contributed by atoms with Gasteiger partial charge in [0.25, 0.3) is 0 Å². The summed E-state index contributed by atoms with van der Waals surface area (Å²) in [5.74, 6) is -1.11. The third-order valence-corrected chi connectivity index (χ3v) is 6.91. The molecule has 3 atom stereocenters. The second-order valence-corrected chi connectivity index (χ2v) is 9.75. The van der Waals surface area contributed by atoms with Gasteiger partial charge < -0.3 is 20.1 Å². The minimum absolute atomic E-state index is 0.0441. The van der Waals surface area contributed by atoms with Crippen LogP contribution >= 0.6 is 0 Å². The molecule has 0 heterocycles. The van der Waals surface area contributed by atoms with Gasteiger partial charge >= 0.3 is 12.1 Å². The fraction of sp³-hybridized carbons (Fsp3) is 0.250. The van der Waals surface area contributed by atoms with Gasteiger partial charge in [-0.25, -0.2) is 9.59 Å². The molecule has 2 amide bonds. The largest absolute Gasteiger partial charge is 0.467 e. The number of rotatable bonds is 12. The predicted molar refractivity (Wildman–Crippen MR) is 140 cm³/mol. The van der Waals surface area contributed by atoms with Crippen molar-refractivity contribution in [1.29, 1.82) is 0 Å². The standard InChI is InChI=1S/C28H30N2O6S/c1-35-27(32)24(17-18-37(34)23-15-9-4-10-16-23)29-26(31)25(19-21-11-5-2-6-12-21)30-28(33)36-20-22-13-7-3-8-14-22/h2-16,24-25H,17-20H2,1H3,(H,29,31)(H,30,33)/t24-,25-,37-/m1/s1. The molecule has 8 nitrogen and oxygen atoms in total. The minimum atomic E-state index is -1.36. The summed E-state index contributed by atoms with van der Waals surface area (Å²) < 4.78 is 22.8. The van der Waals surface area contributed by atoms with Crippen LogP contribution in [0.5, 0.6) is 0 Å². The number of carbonyl (C=O) groups excluding carboxylic acids is 3. The normalized spacial score (nSPS) is 13.0. The molecule has 0 spiro atoms. The average Bonchev–Trinajstić information content (AvgIpc) is 2.94. The molecule has 2 N–H and O–H groups in total. The molecule has 0 aromatic heterocycles. The van der Waals surface area contributed by atoms with Crippen molar-refractivity contribution >= 4 is 28.8 Å². The maximum atomic E-state index is 13.2. The molecule has 0 saturated heterocycles. The highest BCUT2D eigenvalue weighted by Gasteiger charge is 2.28. The molecule has 0 unspecified atom stereocenters. The summed E-state index contributed by atoms with van der Waals surface area (Å²) in [4.78, 5) is 38.8. The van der Waals surface area contributed by atoms with Crippen molar-refractivity contribution in [3.05, 3.63) is 102 Å². The van der Waals surface area contributed by atoms with Crippen LogP contribution in [0.2, 0.25) is 0 Å². The minimum Gasteiger partial charge on any atom is -0.467 e. The van der Waals surface area contributed by atoms with Crippen LogP contribution in [-0.2, 0) is 42.9 Å². The monoisotopic (exact) mass is 522 g/mol. The third-order valence-electron chi connectivity index (χ3n) is 5.50. The van der Waals surface area contributed by atoms with Crippen molar-refractivity contribution in [2.45, 2.75) is 36.4 Å². The topological polar surface area (TPSA) is 111 Å². The van der Waals surface area contributed by atoms with Crippen LogP contribution in [0.1, 0.15) is 17.5 Å². The van der Waals surface area contributed by atoms with Gasteiger partial charge in [0.15, 0.2) is 0 Å². The molecule has 3 rings (SSSR count). The van der Waals surface area contributed by atoms with E-state index in [1.165, 1.54) is 7.11 Å². The Morgan fingerprint density at radius 2 is 1.35 bits per heavy atom. The van der Waals surface area contributed by atoms with Crippen LogP contribution < -0.4 is 10.6 Å². The van der Waals surface area contributed by atoms with E-state index in [-0.39, 0.29) is 25.2 Å². The highest BCUT2D eigenvalue weighted by atomic mass is 32.2. The number of hydrogen-bond acceptors (Lipinski definition) is 6. The molecular weight excluding hydrogens is 492 g/mol. The van der Waals surface area contributed by atoms with Crippen molar-refractivity contribution in [2.75, 3.05) is 12.9 Å². The van der Waals surface area contributed by atoms with Crippen molar-refractivity contribution in [3.8, 4) is 0 Å². The molecule has 37 heavy (non-hydrogen) atoms. The Balaban J connectivity index is 1.67. The van der Waals surface area contributed by atoms with Crippen LogP contribution in [0.25, 0.3) is 0 Å². The summed E-state index contributed by atoms with van der Waals surface area (Å²) >= 11 is 0. The summed E-state index contributed by atoms with van der Waals surface area (Å²) in [7, 11) is -0.140. The SMILES string of the molecule is COC(=O)[C@@H](CC[S@@](=O)c1ccccc1)NC(=O)[C@@H](Cc1ccccc1)NC(=O)OCc1ccccc1. The molecule has 194 valence electrons. The lowest BCUT2D eigenvalue weighted by atomic mass is 10.0. The summed E-state index contributed by atoms with van der Waals surface area (Å²) in [6, 6.07) is 25.1. The molecule has 0 radical (unpaired) electrons. The van der Waals surface area contributed by atoms with Gasteiger partial charge in [0.1, 0.15) is 18.7 Å². The fourth-order valence-electron chi connectivity index (χ4n) is 3.54. The van der Waals surface area contributed by atoms with Crippen LogP contribution in [-0.4, -0.2) is 47.1 Å². The molecule has 3 aromatic carbocycles. The lowest BCUT2D eigenvalue weighted by Crippen LogP contribution is -2.53. The number of amides is 2. The number of methoxy groups -OCH3 is 1. The van der Waals surface area contributed by atoms with Crippen molar-refractivity contribution in [2.24, 2.45) is 0 Å². The summed E-state index contributed by atoms with van der Waals surface area (Å²) in [5.41, 5.74) is 1.62. The lowest BCUT2D eigenvalue weighted by molar-refractivity contribution is -0.145. The zero-order valence-corrected chi connectivity index (χ0v) is 21.3. The molecule has 0 saturated carbocycles. The van der Waals surface area contributed by atoms with Gasteiger partial charge in [-0.05, 0) is 29.7 Å². The molecule has 3 aromatic rings. The highest BCUT2D eigenvalue weighted by molar-refractivity contribution is 7.85. The Morgan fingerprint density at radius 1 is 0.784 bits per heavy atom. The Morgan fingerprint density at radius 3 is 1.95 bits per heavy atom. The Hall–Kier alpha value is -3.98. The van der Waals surface area contributed by atoms with Gasteiger partial charge in [0.05, 0.1) is 17.9 Å². The van der Waals surface area contributed by atoms with E-state index < -0.39 is 40.9 Å². The van der Waals surface area contributed by atoms with Crippen molar-refractivity contribution in [1.82, 2.24) is 10.6 Å². The van der Waals surface area contributed by atoms with Gasteiger partial charge in [-0.15, -0.1) is 0 Å². The van der Waals surface area contributed by atoms with E-state index in [4.69, 9.17) is 9.47 Å². The first kappa shape index (κ1) is 27.6. The van der Waals surface area contributed by atoms with Crippen LogP contribution in [0.4, 0.5) is 4.79 Å². The Labute approximate surface area is 218 Å². The number of esters is 1. The van der Waals surface area contributed by atoms with Crippen LogP contribution in [0.15, 0.2) is 95.9 Å². The first-order valence-corrected chi connectivity index (χ1v) is 13.1. The van der Waals surface area contributed by atoms with Crippen molar-refractivity contribution < 1.29 is 28.1 Å². The number of ether oxygens (including phenoxy) is 2. The van der Waals surface area contributed by atoms with Crippen LogP contribution in [0.3, 0.4) is 0 Å². The highest BCUT2D eigenvalue weighted by Crippen LogP contribution is 2.10. The van der Waals surface area contributed by atoms with Gasteiger partial charge in [-0.3, -0.25) is 9.00 Å². The summed E-state index contributed by atoms with van der Waals surface area (Å²) in [6.45, 7) is 0.0441. The van der Waals surface area contributed by atoms with E-state index in [0.717, 1.165) is 11.1 Å². The summed E-state index contributed by atoms with van der Waals surface area (Å²) in [5, 5.41) is 5.26. The number of carbonyl (C=O) groups is 3. The summed E-state index contributed by atoms with van der Waals surface area (Å²) in [6.07, 6.45) is -0.493. The third kappa shape index (κ3) is 9.20. The Bertz CT molecular complexity index is 1180. The number of benzene rings is 3. The molecule has 0 fully saturated rings. The quantitative estimate of drug-likeness (QED) is 0.353. The predicted octanol–water partition coefficient (Wildman–Crippen LogP) is 3.38. The first-order chi connectivity index (χ1) is 18.0. The fourth-order valence-corrected chi connectivity index (χ4v) is 4.69. The van der Waals surface area contributed by atoms with Gasteiger partial charge in [-0.1, -0.05) is 78.9 Å². The second kappa shape index (κ2) is 14.5. The molecule has 0 aliphatic carbocycles. The molecule has 0 aliphatic rings. The Kier molecular flexibility index (Phi) is 10.9. The zero-order chi connectivity index (χ0) is 26.5. The molecule has 0 aliphatic heterocycles.